The summed E-state index contributed by atoms with van der Waals surface area (Å²) in [5.41, 5.74) is 2.77. The van der Waals surface area contributed by atoms with Crippen molar-refractivity contribution in [3.05, 3.63) is 60.4 Å². The van der Waals surface area contributed by atoms with E-state index in [1.807, 2.05) is 30.6 Å². The summed E-state index contributed by atoms with van der Waals surface area (Å²) in [6, 6.07) is 12.3. The zero-order valence-electron chi connectivity index (χ0n) is 15.4. The molecule has 4 aromatic rings. The normalized spacial score (nSPS) is 11.8. The molecule has 2 heterocycles. The lowest BCUT2D eigenvalue weighted by Crippen LogP contribution is -2.12. The molecule has 2 aromatic carbocycles. The average molecular weight is 397 g/mol. The summed E-state index contributed by atoms with van der Waals surface area (Å²) in [4.78, 5) is 4.62. The van der Waals surface area contributed by atoms with Crippen LogP contribution in [0.3, 0.4) is 0 Å². The topological polar surface area (TPSA) is 96.4 Å². The lowest BCUT2D eigenvalue weighted by molar-refractivity contribution is 0.356. The maximum atomic E-state index is 11.4. The second-order valence-corrected chi connectivity index (χ2v) is 7.98. The van der Waals surface area contributed by atoms with E-state index in [4.69, 9.17) is 14.6 Å². The van der Waals surface area contributed by atoms with Gasteiger partial charge in [0.15, 0.2) is 11.5 Å². The fourth-order valence-corrected chi connectivity index (χ4v) is 3.84. The Morgan fingerprint density at radius 1 is 1.04 bits per heavy atom. The molecule has 0 aliphatic heterocycles. The molecular weight excluding hydrogens is 378 g/mol. The Morgan fingerprint density at radius 3 is 2.36 bits per heavy atom. The number of sulfonamides is 1. The van der Waals surface area contributed by atoms with Crippen LogP contribution in [0, 0.1) is 0 Å². The van der Waals surface area contributed by atoms with Crippen molar-refractivity contribution < 1.29 is 17.9 Å². The highest BCUT2D eigenvalue weighted by Gasteiger charge is 2.13. The highest BCUT2D eigenvalue weighted by molar-refractivity contribution is 7.89. The van der Waals surface area contributed by atoms with E-state index in [2.05, 4.69) is 9.55 Å². The first kappa shape index (κ1) is 18.3. The number of hydrogen-bond acceptors (Lipinski definition) is 5. The van der Waals surface area contributed by atoms with Crippen molar-refractivity contribution in [2.24, 2.45) is 5.14 Å². The standard InChI is InChI=1S/C20H19N3O4S/c1-26-18-9-16-17(10-19(18)27-2)22-11-14-7-8-23(20(14)16)12-13-3-5-15(6-4-13)28(21,24)25/h3-11H,12H2,1-2H3,(H2,21,24,25). The third-order valence-corrected chi connectivity index (χ3v) is 5.63. The Balaban J connectivity index is 1.82. The molecule has 28 heavy (non-hydrogen) atoms. The van der Waals surface area contributed by atoms with Gasteiger partial charge in [0.2, 0.25) is 10.0 Å². The van der Waals surface area contributed by atoms with Crippen LogP contribution >= 0.6 is 0 Å². The minimum absolute atomic E-state index is 0.0973. The number of aromatic nitrogens is 2. The zero-order chi connectivity index (χ0) is 19.9. The van der Waals surface area contributed by atoms with E-state index in [1.165, 1.54) is 12.1 Å². The van der Waals surface area contributed by atoms with Gasteiger partial charge in [-0.2, -0.15) is 0 Å². The molecule has 0 saturated heterocycles. The lowest BCUT2D eigenvalue weighted by atomic mass is 10.1. The fraction of sp³-hybridized carbons (Fsp3) is 0.150. The highest BCUT2D eigenvalue weighted by atomic mass is 32.2. The quantitative estimate of drug-likeness (QED) is 0.559. The maximum absolute atomic E-state index is 11.4. The van der Waals surface area contributed by atoms with Gasteiger partial charge in [-0.25, -0.2) is 13.6 Å². The molecule has 0 bridgehead atoms. The van der Waals surface area contributed by atoms with Crippen LogP contribution in [-0.2, 0) is 16.6 Å². The van der Waals surface area contributed by atoms with E-state index >= 15 is 0 Å². The molecule has 0 saturated carbocycles. The van der Waals surface area contributed by atoms with Crippen molar-refractivity contribution in [1.82, 2.24) is 9.55 Å². The largest absolute Gasteiger partial charge is 0.493 e. The van der Waals surface area contributed by atoms with E-state index in [1.54, 1.807) is 26.4 Å². The Labute approximate surface area is 162 Å². The van der Waals surface area contributed by atoms with E-state index < -0.39 is 10.0 Å². The van der Waals surface area contributed by atoms with Crippen molar-refractivity contribution in [2.45, 2.75) is 11.4 Å². The van der Waals surface area contributed by atoms with Crippen LogP contribution in [-0.4, -0.2) is 32.2 Å². The monoisotopic (exact) mass is 397 g/mol. The van der Waals surface area contributed by atoms with Crippen molar-refractivity contribution in [2.75, 3.05) is 14.2 Å². The van der Waals surface area contributed by atoms with Crippen molar-refractivity contribution in [3.8, 4) is 11.5 Å². The number of methoxy groups -OCH3 is 2. The molecule has 2 N–H and O–H groups in total. The molecule has 0 aliphatic rings. The number of hydrogen-bond donors (Lipinski definition) is 1. The van der Waals surface area contributed by atoms with Crippen LogP contribution in [0.5, 0.6) is 11.5 Å². The number of primary sulfonamides is 1. The Bertz CT molecular complexity index is 1280. The van der Waals surface area contributed by atoms with Crippen molar-refractivity contribution in [1.29, 1.82) is 0 Å². The predicted molar refractivity (Wildman–Crippen MR) is 107 cm³/mol. The summed E-state index contributed by atoms with van der Waals surface area (Å²) in [7, 11) is -0.506. The number of ether oxygens (including phenoxy) is 2. The Kier molecular flexibility index (Phi) is 4.44. The smallest absolute Gasteiger partial charge is 0.238 e. The van der Waals surface area contributed by atoms with Gasteiger partial charge in [0.1, 0.15) is 0 Å². The molecule has 0 amide bonds. The van der Waals surface area contributed by atoms with Crippen LogP contribution in [0.1, 0.15) is 5.56 Å². The highest BCUT2D eigenvalue weighted by Crippen LogP contribution is 2.35. The summed E-state index contributed by atoms with van der Waals surface area (Å²) in [5.74, 6) is 1.26. The summed E-state index contributed by atoms with van der Waals surface area (Å²) in [6.07, 6.45) is 3.81. The van der Waals surface area contributed by atoms with Gasteiger partial charge in [0, 0.05) is 35.8 Å². The SMILES string of the molecule is COc1cc2ncc3ccn(Cc4ccc(S(N)(=O)=O)cc4)c3c2cc1OC. The number of nitrogens with zero attached hydrogens (tertiary/aromatic N) is 2. The van der Waals surface area contributed by atoms with Crippen molar-refractivity contribution >= 4 is 31.8 Å². The average Bonchev–Trinajstić information content (AvgIpc) is 3.09. The number of rotatable bonds is 5. The first-order valence-corrected chi connectivity index (χ1v) is 10.1. The molecule has 0 radical (unpaired) electrons. The number of pyridine rings is 1. The molecule has 7 nitrogen and oxygen atoms in total. The van der Waals surface area contributed by atoms with E-state index in [9.17, 15) is 8.42 Å². The second kappa shape index (κ2) is 6.81. The summed E-state index contributed by atoms with van der Waals surface area (Å²) >= 11 is 0. The minimum Gasteiger partial charge on any atom is -0.493 e. The molecule has 0 unspecified atom stereocenters. The third kappa shape index (κ3) is 3.17. The molecule has 0 atom stereocenters. The molecule has 144 valence electrons. The van der Waals surface area contributed by atoms with Gasteiger partial charge in [-0.15, -0.1) is 0 Å². The maximum Gasteiger partial charge on any atom is 0.238 e. The van der Waals surface area contributed by atoms with E-state index in [-0.39, 0.29) is 4.90 Å². The number of nitrogens with two attached hydrogens (primary N) is 1. The van der Waals surface area contributed by atoms with Gasteiger partial charge < -0.3 is 14.0 Å². The first-order chi connectivity index (χ1) is 13.4. The van der Waals surface area contributed by atoms with Crippen LogP contribution in [0.4, 0.5) is 0 Å². The van der Waals surface area contributed by atoms with Crippen LogP contribution in [0.2, 0.25) is 0 Å². The van der Waals surface area contributed by atoms with Gasteiger partial charge in [-0.05, 0) is 29.8 Å². The molecule has 4 rings (SSSR count). The van der Waals surface area contributed by atoms with Gasteiger partial charge in [-0.3, -0.25) is 4.98 Å². The van der Waals surface area contributed by atoms with E-state index in [0.29, 0.717) is 18.0 Å². The number of benzene rings is 2. The number of fused-ring (bicyclic) bond motifs is 3. The van der Waals surface area contributed by atoms with E-state index in [0.717, 1.165) is 27.4 Å². The zero-order valence-corrected chi connectivity index (χ0v) is 16.2. The molecule has 0 fully saturated rings. The summed E-state index contributed by atoms with van der Waals surface area (Å²) in [5, 5.41) is 7.11. The molecular formula is C20H19N3O4S. The van der Waals surface area contributed by atoms with Crippen LogP contribution < -0.4 is 14.6 Å². The second-order valence-electron chi connectivity index (χ2n) is 6.42. The molecule has 0 spiro atoms. The van der Waals surface area contributed by atoms with Gasteiger partial charge in [0.05, 0.1) is 30.1 Å². The summed E-state index contributed by atoms with van der Waals surface area (Å²) in [6.45, 7) is 0.571. The third-order valence-electron chi connectivity index (χ3n) is 4.70. The van der Waals surface area contributed by atoms with Crippen molar-refractivity contribution in [3.63, 3.8) is 0 Å². The Morgan fingerprint density at radius 2 is 1.71 bits per heavy atom. The molecule has 8 heteroatoms. The van der Waals surface area contributed by atoms with Crippen LogP contribution in [0.15, 0.2) is 59.8 Å². The predicted octanol–water partition coefficient (Wildman–Crippen LogP) is 2.90. The van der Waals surface area contributed by atoms with Crippen LogP contribution in [0.25, 0.3) is 21.8 Å². The first-order valence-electron chi connectivity index (χ1n) is 8.52. The Hall–Kier alpha value is -3.10. The van der Waals surface area contributed by atoms with Gasteiger partial charge >= 0.3 is 0 Å². The van der Waals surface area contributed by atoms with Gasteiger partial charge in [0.25, 0.3) is 0 Å². The van der Waals surface area contributed by atoms with Gasteiger partial charge in [-0.1, -0.05) is 12.1 Å². The fourth-order valence-electron chi connectivity index (χ4n) is 3.32. The molecule has 2 aromatic heterocycles. The molecule has 0 aliphatic carbocycles. The minimum atomic E-state index is -3.70. The summed E-state index contributed by atoms with van der Waals surface area (Å²) < 4.78 is 35.8. The lowest BCUT2D eigenvalue weighted by Gasteiger charge is -2.12.